The number of nitrogens with one attached hydrogen (secondary N) is 1. The van der Waals surface area contributed by atoms with E-state index >= 15 is 0 Å². The molecule has 0 spiro atoms. The quantitative estimate of drug-likeness (QED) is 0.701. The minimum atomic E-state index is 0.830. The lowest BCUT2D eigenvalue weighted by Crippen LogP contribution is -2.12. The van der Waals surface area contributed by atoms with E-state index in [1.165, 1.54) is 25.9 Å². The fourth-order valence-electron chi connectivity index (χ4n) is 1.62. The van der Waals surface area contributed by atoms with Crippen molar-refractivity contribution in [3.05, 3.63) is 12.4 Å². The lowest BCUT2D eigenvalue weighted by Gasteiger charge is -2.06. The number of nitrogens with zero attached hydrogens (tertiary/aromatic N) is 3. The van der Waals surface area contributed by atoms with Gasteiger partial charge in [0.15, 0.2) is 0 Å². The molecule has 2 heterocycles. The SMILES string of the molecule is c1cnn(CCC2CCNC2)n1. The molecule has 4 nitrogen and oxygen atoms in total. The minimum Gasteiger partial charge on any atom is -0.316 e. The molecule has 1 fully saturated rings. The van der Waals surface area contributed by atoms with Gasteiger partial charge in [-0.25, -0.2) is 0 Å². The van der Waals surface area contributed by atoms with Crippen molar-refractivity contribution < 1.29 is 0 Å². The summed E-state index contributed by atoms with van der Waals surface area (Å²) in [6, 6.07) is 0. The third-order valence-corrected chi connectivity index (χ3v) is 2.37. The van der Waals surface area contributed by atoms with Crippen molar-refractivity contribution in [2.75, 3.05) is 13.1 Å². The van der Waals surface area contributed by atoms with Crippen LogP contribution in [0.1, 0.15) is 12.8 Å². The van der Waals surface area contributed by atoms with Crippen LogP contribution in [0.5, 0.6) is 0 Å². The summed E-state index contributed by atoms with van der Waals surface area (Å²) in [5, 5.41) is 11.5. The third-order valence-electron chi connectivity index (χ3n) is 2.37. The Morgan fingerprint density at radius 3 is 2.92 bits per heavy atom. The van der Waals surface area contributed by atoms with Gasteiger partial charge in [-0.1, -0.05) is 0 Å². The molecule has 0 saturated carbocycles. The minimum absolute atomic E-state index is 0.830. The zero-order chi connectivity index (χ0) is 8.23. The van der Waals surface area contributed by atoms with Gasteiger partial charge >= 0.3 is 0 Å². The standard InChI is InChI=1S/C8H14N4/c1-3-9-7-8(1)2-6-12-10-4-5-11-12/h4-5,8-9H,1-3,6-7H2. The second-order valence-corrected chi connectivity index (χ2v) is 3.27. The first-order valence-corrected chi connectivity index (χ1v) is 4.50. The molecule has 1 unspecified atom stereocenters. The predicted octanol–water partition coefficient (Wildman–Crippen LogP) is 0.278. The Kier molecular flexibility index (Phi) is 2.36. The van der Waals surface area contributed by atoms with Crippen LogP contribution in [0.25, 0.3) is 0 Å². The molecule has 2 rings (SSSR count). The average molecular weight is 166 g/mol. The Balaban J connectivity index is 1.74. The van der Waals surface area contributed by atoms with E-state index in [2.05, 4.69) is 15.5 Å². The summed E-state index contributed by atoms with van der Waals surface area (Å²) in [6.07, 6.45) is 5.96. The molecule has 1 aromatic rings. The molecular formula is C8H14N4. The second-order valence-electron chi connectivity index (χ2n) is 3.27. The fraction of sp³-hybridized carbons (Fsp3) is 0.750. The average Bonchev–Trinajstić information content (AvgIpc) is 2.74. The van der Waals surface area contributed by atoms with E-state index < -0.39 is 0 Å². The highest BCUT2D eigenvalue weighted by Crippen LogP contribution is 2.12. The maximum atomic E-state index is 4.06. The van der Waals surface area contributed by atoms with E-state index in [-0.39, 0.29) is 0 Å². The van der Waals surface area contributed by atoms with Crippen LogP contribution in [0.2, 0.25) is 0 Å². The molecule has 0 bridgehead atoms. The first kappa shape index (κ1) is 7.73. The summed E-state index contributed by atoms with van der Waals surface area (Å²) in [4.78, 5) is 1.76. The van der Waals surface area contributed by atoms with Crippen molar-refractivity contribution in [3.8, 4) is 0 Å². The van der Waals surface area contributed by atoms with E-state index in [9.17, 15) is 0 Å². The Labute approximate surface area is 72.0 Å². The van der Waals surface area contributed by atoms with Crippen LogP contribution >= 0.6 is 0 Å². The molecule has 66 valence electrons. The summed E-state index contributed by atoms with van der Waals surface area (Å²) in [5.41, 5.74) is 0. The molecule has 1 atom stereocenters. The molecule has 12 heavy (non-hydrogen) atoms. The Bertz CT molecular complexity index is 213. The topological polar surface area (TPSA) is 42.7 Å². The molecule has 0 amide bonds. The fourth-order valence-corrected chi connectivity index (χ4v) is 1.62. The first-order valence-electron chi connectivity index (χ1n) is 4.50. The van der Waals surface area contributed by atoms with Gasteiger partial charge in [-0.15, -0.1) is 0 Å². The van der Waals surface area contributed by atoms with Crippen LogP contribution < -0.4 is 5.32 Å². The Hall–Kier alpha value is -0.900. The van der Waals surface area contributed by atoms with Gasteiger partial charge in [-0.05, 0) is 31.8 Å². The summed E-state index contributed by atoms with van der Waals surface area (Å²) >= 11 is 0. The van der Waals surface area contributed by atoms with E-state index in [1.807, 2.05) is 0 Å². The third kappa shape index (κ3) is 1.82. The van der Waals surface area contributed by atoms with Crippen LogP contribution in [0.4, 0.5) is 0 Å². The highest BCUT2D eigenvalue weighted by molar-refractivity contribution is 4.70. The molecule has 0 radical (unpaired) electrons. The van der Waals surface area contributed by atoms with Crippen molar-refractivity contribution >= 4 is 0 Å². The Morgan fingerprint density at radius 1 is 1.42 bits per heavy atom. The van der Waals surface area contributed by atoms with E-state index in [4.69, 9.17) is 0 Å². The molecule has 4 heteroatoms. The van der Waals surface area contributed by atoms with Gasteiger partial charge in [0.2, 0.25) is 0 Å². The monoisotopic (exact) mass is 166 g/mol. The van der Waals surface area contributed by atoms with E-state index in [1.54, 1.807) is 17.2 Å². The lowest BCUT2D eigenvalue weighted by molar-refractivity contribution is 0.428. The van der Waals surface area contributed by atoms with Crippen molar-refractivity contribution in [3.63, 3.8) is 0 Å². The molecule has 1 aromatic heterocycles. The van der Waals surface area contributed by atoms with Gasteiger partial charge in [0.1, 0.15) is 0 Å². The number of rotatable bonds is 3. The van der Waals surface area contributed by atoms with Crippen molar-refractivity contribution in [2.24, 2.45) is 5.92 Å². The molecule has 0 aromatic carbocycles. The van der Waals surface area contributed by atoms with Crippen molar-refractivity contribution in [1.82, 2.24) is 20.3 Å². The lowest BCUT2D eigenvalue weighted by atomic mass is 10.1. The predicted molar refractivity (Wildman–Crippen MR) is 45.6 cm³/mol. The number of aromatic nitrogens is 3. The Morgan fingerprint density at radius 2 is 2.25 bits per heavy atom. The van der Waals surface area contributed by atoms with Gasteiger partial charge < -0.3 is 5.32 Å². The molecular weight excluding hydrogens is 152 g/mol. The van der Waals surface area contributed by atoms with Gasteiger partial charge in [-0.2, -0.15) is 15.0 Å². The van der Waals surface area contributed by atoms with Crippen LogP contribution in [0.3, 0.4) is 0 Å². The van der Waals surface area contributed by atoms with Gasteiger partial charge in [-0.3, -0.25) is 0 Å². The van der Waals surface area contributed by atoms with Crippen molar-refractivity contribution in [2.45, 2.75) is 19.4 Å². The molecule has 1 N–H and O–H groups in total. The van der Waals surface area contributed by atoms with Gasteiger partial charge in [0.05, 0.1) is 18.9 Å². The highest BCUT2D eigenvalue weighted by atomic mass is 15.5. The zero-order valence-corrected chi connectivity index (χ0v) is 7.11. The van der Waals surface area contributed by atoms with E-state index in [0.29, 0.717) is 0 Å². The van der Waals surface area contributed by atoms with Gasteiger partial charge in [0, 0.05) is 0 Å². The molecule has 1 saturated heterocycles. The summed E-state index contributed by atoms with van der Waals surface area (Å²) in [6.45, 7) is 3.30. The maximum Gasteiger partial charge on any atom is 0.0693 e. The largest absolute Gasteiger partial charge is 0.316 e. The number of hydrogen-bond acceptors (Lipinski definition) is 3. The first-order chi connectivity index (χ1) is 5.95. The summed E-state index contributed by atoms with van der Waals surface area (Å²) < 4.78 is 0. The van der Waals surface area contributed by atoms with E-state index in [0.717, 1.165) is 12.5 Å². The van der Waals surface area contributed by atoms with Gasteiger partial charge in [0.25, 0.3) is 0 Å². The zero-order valence-electron chi connectivity index (χ0n) is 7.11. The maximum absolute atomic E-state index is 4.06. The molecule has 0 aliphatic carbocycles. The van der Waals surface area contributed by atoms with Crippen LogP contribution in [-0.4, -0.2) is 28.1 Å². The number of hydrogen-bond donors (Lipinski definition) is 1. The van der Waals surface area contributed by atoms with Crippen LogP contribution in [0.15, 0.2) is 12.4 Å². The molecule has 1 aliphatic heterocycles. The summed E-state index contributed by atoms with van der Waals surface area (Å²) in [5.74, 6) is 0.830. The van der Waals surface area contributed by atoms with Crippen LogP contribution in [-0.2, 0) is 6.54 Å². The molecule has 1 aliphatic rings. The normalized spacial score (nSPS) is 23.2. The number of aryl methyl sites for hydroxylation is 1. The summed E-state index contributed by atoms with van der Waals surface area (Å²) in [7, 11) is 0. The second kappa shape index (κ2) is 3.67. The highest BCUT2D eigenvalue weighted by Gasteiger charge is 2.13. The van der Waals surface area contributed by atoms with Crippen molar-refractivity contribution in [1.29, 1.82) is 0 Å². The van der Waals surface area contributed by atoms with Crippen LogP contribution in [0, 0.1) is 5.92 Å². The smallest absolute Gasteiger partial charge is 0.0693 e.